The van der Waals surface area contributed by atoms with E-state index >= 15 is 0 Å². The van der Waals surface area contributed by atoms with Crippen LogP contribution in [0.5, 0.6) is 11.5 Å². The average molecular weight is 384 g/mol. The SMILES string of the molecule is CCn1c(SCC(=O)Nc2ccc(OC)cc2)nnc1-c1ccc(O)cc1. The maximum Gasteiger partial charge on any atom is 0.234 e. The summed E-state index contributed by atoms with van der Waals surface area (Å²) >= 11 is 1.33. The lowest BCUT2D eigenvalue weighted by atomic mass is 10.2. The van der Waals surface area contributed by atoms with Gasteiger partial charge in [0.1, 0.15) is 11.5 Å². The number of carbonyl (C=O) groups is 1. The van der Waals surface area contributed by atoms with Crippen molar-refractivity contribution in [3.05, 3.63) is 48.5 Å². The number of rotatable bonds is 7. The largest absolute Gasteiger partial charge is 0.508 e. The molecule has 0 unspecified atom stereocenters. The van der Waals surface area contributed by atoms with Gasteiger partial charge in [-0.2, -0.15) is 0 Å². The number of amides is 1. The zero-order valence-electron chi connectivity index (χ0n) is 15.0. The molecule has 0 atom stereocenters. The molecule has 0 aliphatic carbocycles. The number of nitrogens with one attached hydrogen (secondary N) is 1. The molecule has 2 aromatic carbocycles. The van der Waals surface area contributed by atoms with Gasteiger partial charge in [-0.05, 0) is 55.5 Å². The number of hydrogen-bond acceptors (Lipinski definition) is 6. The minimum atomic E-state index is -0.123. The van der Waals surface area contributed by atoms with E-state index in [-0.39, 0.29) is 17.4 Å². The molecule has 0 saturated carbocycles. The first kappa shape index (κ1) is 18.8. The molecule has 3 aromatic rings. The second kappa shape index (κ2) is 8.59. The highest BCUT2D eigenvalue weighted by Crippen LogP contribution is 2.25. The molecular formula is C19H20N4O3S. The number of benzene rings is 2. The van der Waals surface area contributed by atoms with Crippen molar-refractivity contribution in [2.45, 2.75) is 18.6 Å². The number of thioether (sulfide) groups is 1. The van der Waals surface area contributed by atoms with Crippen LogP contribution in [0.4, 0.5) is 5.69 Å². The van der Waals surface area contributed by atoms with Crippen molar-refractivity contribution in [3.8, 4) is 22.9 Å². The van der Waals surface area contributed by atoms with Crippen LogP contribution in [0.3, 0.4) is 0 Å². The van der Waals surface area contributed by atoms with E-state index in [0.29, 0.717) is 23.2 Å². The number of nitrogens with zero attached hydrogens (tertiary/aromatic N) is 3. The summed E-state index contributed by atoms with van der Waals surface area (Å²) in [5.41, 5.74) is 1.57. The predicted molar refractivity (Wildman–Crippen MR) is 105 cm³/mol. The van der Waals surface area contributed by atoms with Gasteiger partial charge in [-0.1, -0.05) is 11.8 Å². The fraction of sp³-hybridized carbons (Fsp3) is 0.211. The van der Waals surface area contributed by atoms with Crippen LogP contribution in [0.25, 0.3) is 11.4 Å². The molecule has 0 fully saturated rings. The fourth-order valence-corrected chi connectivity index (χ4v) is 3.31. The number of phenols is 1. The topological polar surface area (TPSA) is 89.3 Å². The standard InChI is InChI=1S/C19H20N4O3S/c1-3-23-18(13-4-8-15(24)9-5-13)21-22-19(23)27-12-17(25)20-14-6-10-16(26-2)11-7-14/h4-11,24H,3,12H2,1-2H3,(H,20,25). The maximum atomic E-state index is 12.2. The Balaban J connectivity index is 1.65. The van der Waals surface area contributed by atoms with E-state index in [2.05, 4.69) is 15.5 Å². The second-order valence-corrected chi connectivity index (χ2v) is 6.61. The molecular weight excluding hydrogens is 364 g/mol. The quantitative estimate of drug-likeness (QED) is 0.607. The molecule has 2 N–H and O–H groups in total. The van der Waals surface area contributed by atoms with Crippen molar-refractivity contribution in [2.75, 3.05) is 18.2 Å². The van der Waals surface area contributed by atoms with E-state index in [1.165, 1.54) is 11.8 Å². The Bertz CT molecular complexity index is 908. The zero-order valence-corrected chi connectivity index (χ0v) is 15.9. The monoisotopic (exact) mass is 384 g/mol. The van der Waals surface area contributed by atoms with Crippen molar-refractivity contribution >= 4 is 23.4 Å². The van der Waals surface area contributed by atoms with E-state index < -0.39 is 0 Å². The lowest BCUT2D eigenvalue weighted by molar-refractivity contribution is -0.113. The number of ether oxygens (including phenoxy) is 1. The number of carbonyl (C=O) groups excluding carboxylic acids is 1. The summed E-state index contributed by atoms with van der Waals surface area (Å²) in [6, 6.07) is 14.0. The van der Waals surface area contributed by atoms with Gasteiger partial charge in [0.2, 0.25) is 5.91 Å². The highest BCUT2D eigenvalue weighted by atomic mass is 32.2. The predicted octanol–water partition coefficient (Wildman–Crippen LogP) is 3.41. The number of aromatic nitrogens is 3. The van der Waals surface area contributed by atoms with Gasteiger partial charge in [-0.25, -0.2) is 0 Å². The van der Waals surface area contributed by atoms with Crippen molar-refractivity contribution in [2.24, 2.45) is 0 Å². The highest BCUT2D eigenvalue weighted by Gasteiger charge is 2.14. The van der Waals surface area contributed by atoms with Gasteiger partial charge in [-0.3, -0.25) is 4.79 Å². The van der Waals surface area contributed by atoms with E-state index in [9.17, 15) is 9.90 Å². The Hall–Kier alpha value is -3.00. The van der Waals surface area contributed by atoms with Crippen molar-refractivity contribution in [1.82, 2.24) is 14.8 Å². The highest BCUT2D eigenvalue weighted by molar-refractivity contribution is 7.99. The minimum Gasteiger partial charge on any atom is -0.508 e. The number of methoxy groups -OCH3 is 1. The molecule has 0 saturated heterocycles. The molecule has 1 amide bonds. The van der Waals surface area contributed by atoms with E-state index in [0.717, 1.165) is 11.3 Å². The van der Waals surface area contributed by atoms with Gasteiger partial charge >= 0.3 is 0 Å². The second-order valence-electron chi connectivity index (χ2n) is 5.66. The average Bonchev–Trinajstić information content (AvgIpc) is 3.10. The summed E-state index contributed by atoms with van der Waals surface area (Å²) in [6.45, 7) is 2.67. The van der Waals surface area contributed by atoms with Crippen LogP contribution < -0.4 is 10.1 Å². The van der Waals surface area contributed by atoms with Crippen LogP contribution in [0, 0.1) is 0 Å². The van der Waals surface area contributed by atoms with E-state index in [1.54, 1.807) is 55.6 Å². The molecule has 0 bridgehead atoms. The van der Waals surface area contributed by atoms with Crippen LogP contribution in [0.1, 0.15) is 6.92 Å². The smallest absolute Gasteiger partial charge is 0.234 e. The molecule has 3 rings (SSSR count). The van der Waals surface area contributed by atoms with E-state index in [1.807, 2.05) is 11.5 Å². The molecule has 0 spiro atoms. The molecule has 0 aliphatic heterocycles. The lowest BCUT2D eigenvalue weighted by Crippen LogP contribution is -2.14. The Morgan fingerprint density at radius 1 is 1.15 bits per heavy atom. The fourth-order valence-electron chi connectivity index (χ4n) is 2.51. The Labute approximate surface area is 161 Å². The molecule has 7 nitrogen and oxygen atoms in total. The summed E-state index contributed by atoms with van der Waals surface area (Å²) in [6.07, 6.45) is 0. The van der Waals surface area contributed by atoms with Crippen LogP contribution in [-0.4, -0.2) is 38.6 Å². The number of anilines is 1. The lowest BCUT2D eigenvalue weighted by Gasteiger charge is -2.08. The Morgan fingerprint density at radius 2 is 1.85 bits per heavy atom. The normalized spacial score (nSPS) is 10.6. The number of hydrogen-bond donors (Lipinski definition) is 2. The molecule has 140 valence electrons. The molecule has 1 aromatic heterocycles. The minimum absolute atomic E-state index is 0.123. The summed E-state index contributed by atoms with van der Waals surface area (Å²) in [5, 5.41) is 21.4. The first-order valence-corrected chi connectivity index (χ1v) is 9.38. The Kier molecular flexibility index (Phi) is 5.97. The molecule has 27 heavy (non-hydrogen) atoms. The summed E-state index contributed by atoms with van der Waals surface area (Å²) in [5.74, 6) is 1.74. The van der Waals surface area contributed by atoms with Crippen LogP contribution >= 0.6 is 11.8 Å². The molecule has 0 radical (unpaired) electrons. The van der Waals surface area contributed by atoms with Gasteiger partial charge in [0.05, 0.1) is 12.9 Å². The van der Waals surface area contributed by atoms with Crippen LogP contribution in [0.2, 0.25) is 0 Å². The molecule has 8 heteroatoms. The third kappa shape index (κ3) is 4.59. The third-order valence-corrected chi connectivity index (χ3v) is 4.83. The van der Waals surface area contributed by atoms with Gasteiger partial charge in [0, 0.05) is 17.8 Å². The van der Waals surface area contributed by atoms with Gasteiger partial charge in [0.25, 0.3) is 0 Å². The van der Waals surface area contributed by atoms with E-state index in [4.69, 9.17) is 4.74 Å². The van der Waals surface area contributed by atoms with Crippen LogP contribution in [0.15, 0.2) is 53.7 Å². The molecule has 1 heterocycles. The van der Waals surface area contributed by atoms with Gasteiger partial charge in [0.15, 0.2) is 11.0 Å². The summed E-state index contributed by atoms with van der Waals surface area (Å²) in [4.78, 5) is 12.2. The van der Waals surface area contributed by atoms with Crippen molar-refractivity contribution < 1.29 is 14.6 Å². The summed E-state index contributed by atoms with van der Waals surface area (Å²) < 4.78 is 7.04. The zero-order chi connectivity index (χ0) is 19.2. The maximum absolute atomic E-state index is 12.2. The Morgan fingerprint density at radius 3 is 2.48 bits per heavy atom. The van der Waals surface area contributed by atoms with Crippen molar-refractivity contribution in [1.29, 1.82) is 0 Å². The van der Waals surface area contributed by atoms with Gasteiger partial charge in [-0.15, -0.1) is 10.2 Å². The first-order chi connectivity index (χ1) is 13.1. The van der Waals surface area contributed by atoms with Gasteiger partial charge < -0.3 is 19.7 Å². The van der Waals surface area contributed by atoms with Crippen molar-refractivity contribution in [3.63, 3.8) is 0 Å². The van der Waals surface area contributed by atoms with Crippen LogP contribution in [-0.2, 0) is 11.3 Å². The first-order valence-electron chi connectivity index (χ1n) is 8.40. The number of aromatic hydroxyl groups is 1. The number of phenolic OH excluding ortho intramolecular Hbond substituents is 1. The molecule has 0 aliphatic rings. The third-order valence-electron chi connectivity index (χ3n) is 3.86. The summed E-state index contributed by atoms with van der Waals surface area (Å²) in [7, 11) is 1.60.